The topological polar surface area (TPSA) is 110 Å². The standard InChI is InChI=1S/C26H28N4O5S2/c1-17(31)27-26-28-22(16-36-26)18-11-12-24(35-14-13-34-4)21(15-18)29-37(32,33)25-10-6-7-19-20(25)8-5-9-23(19)30(2)3/h5-12,15-16,29H,13-14H2,1-4H3,(H,27,28,31). The van der Waals surface area contributed by atoms with Gasteiger partial charge in [0.05, 0.1) is 22.9 Å². The zero-order valence-corrected chi connectivity index (χ0v) is 22.6. The molecule has 0 atom stereocenters. The predicted molar refractivity (Wildman–Crippen MR) is 148 cm³/mol. The number of rotatable bonds is 10. The SMILES string of the molecule is COCCOc1ccc(-c2csc(NC(C)=O)n2)cc1NS(=O)(=O)c1cccc2c(N(C)C)cccc12. The third-order valence-corrected chi connectivity index (χ3v) is 7.66. The number of carbonyl (C=O) groups is 1. The first kappa shape index (κ1) is 26.4. The van der Waals surface area contributed by atoms with Crippen LogP contribution in [0.3, 0.4) is 0 Å². The number of nitrogens with one attached hydrogen (secondary N) is 2. The van der Waals surface area contributed by atoms with Crippen LogP contribution in [0.25, 0.3) is 22.0 Å². The van der Waals surface area contributed by atoms with Crippen LogP contribution in [0.5, 0.6) is 5.75 Å². The number of hydrogen-bond acceptors (Lipinski definition) is 8. The number of amides is 1. The Hall–Kier alpha value is -3.67. The van der Waals surface area contributed by atoms with E-state index in [2.05, 4.69) is 15.0 Å². The molecule has 194 valence electrons. The Morgan fingerprint density at radius 2 is 1.81 bits per heavy atom. The second-order valence-electron chi connectivity index (χ2n) is 8.40. The lowest BCUT2D eigenvalue weighted by Crippen LogP contribution is -2.15. The molecule has 4 rings (SSSR count). The number of hydrogen-bond donors (Lipinski definition) is 2. The van der Waals surface area contributed by atoms with E-state index in [1.807, 2.05) is 37.2 Å². The van der Waals surface area contributed by atoms with Crippen LogP contribution in [0, 0.1) is 0 Å². The highest BCUT2D eigenvalue weighted by Gasteiger charge is 2.21. The fourth-order valence-electron chi connectivity index (χ4n) is 3.83. The monoisotopic (exact) mass is 540 g/mol. The number of aromatic nitrogens is 1. The number of ether oxygens (including phenoxy) is 2. The van der Waals surface area contributed by atoms with Gasteiger partial charge in [0.2, 0.25) is 5.91 Å². The minimum Gasteiger partial charge on any atom is -0.489 e. The van der Waals surface area contributed by atoms with E-state index in [9.17, 15) is 13.2 Å². The number of thiazole rings is 1. The molecule has 0 aliphatic carbocycles. The van der Waals surface area contributed by atoms with E-state index in [0.717, 1.165) is 11.1 Å². The van der Waals surface area contributed by atoms with Crippen molar-refractivity contribution in [1.82, 2.24) is 4.98 Å². The lowest BCUT2D eigenvalue weighted by atomic mass is 10.1. The van der Waals surface area contributed by atoms with Gasteiger partial charge in [-0.15, -0.1) is 11.3 Å². The summed E-state index contributed by atoms with van der Waals surface area (Å²) in [6.45, 7) is 2.00. The first-order valence-corrected chi connectivity index (χ1v) is 13.8. The molecule has 9 nitrogen and oxygen atoms in total. The highest BCUT2D eigenvalue weighted by molar-refractivity contribution is 7.93. The summed E-state index contributed by atoms with van der Waals surface area (Å²) in [4.78, 5) is 17.9. The zero-order chi connectivity index (χ0) is 26.6. The molecule has 11 heteroatoms. The summed E-state index contributed by atoms with van der Waals surface area (Å²) >= 11 is 1.28. The van der Waals surface area contributed by atoms with Crippen molar-refractivity contribution in [3.63, 3.8) is 0 Å². The van der Waals surface area contributed by atoms with Crippen LogP contribution < -0.4 is 19.7 Å². The molecule has 0 aliphatic heterocycles. The number of nitrogens with zero attached hydrogens (tertiary/aromatic N) is 2. The molecule has 0 spiro atoms. The zero-order valence-electron chi connectivity index (χ0n) is 20.9. The summed E-state index contributed by atoms with van der Waals surface area (Å²) < 4.78 is 41.0. The van der Waals surface area contributed by atoms with Gasteiger partial charge in [0, 0.05) is 55.5 Å². The van der Waals surface area contributed by atoms with Crippen molar-refractivity contribution < 1.29 is 22.7 Å². The molecule has 0 unspecified atom stereocenters. The third-order valence-electron chi connectivity index (χ3n) is 5.48. The second-order valence-corrected chi connectivity index (χ2v) is 10.9. The molecule has 0 bridgehead atoms. The van der Waals surface area contributed by atoms with Crippen LogP contribution in [0.15, 0.2) is 64.9 Å². The fraction of sp³-hybridized carbons (Fsp3) is 0.231. The van der Waals surface area contributed by atoms with Crippen molar-refractivity contribution in [2.45, 2.75) is 11.8 Å². The summed E-state index contributed by atoms with van der Waals surface area (Å²) in [5.74, 6) is 0.139. The van der Waals surface area contributed by atoms with E-state index in [1.165, 1.54) is 18.3 Å². The first-order chi connectivity index (χ1) is 17.7. The van der Waals surface area contributed by atoms with E-state index < -0.39 is 10.0 Å². The quantitative estimate of drug-likeness (QED) is 0.278. The van der Waals surface area contributed by atoms with E-state index in [4.69, 9.17) is 9.47 Å². The van der Waals surface area contributed by atoms with Crippen molar-refractivity contribution >= 4 is 54.5 Å². The van der Waals surface area contributed by atoms with Crippen LogP contribution in [0.2, 0.25) is 0 Å². The minimum absolute atomic E-state index is 0.156. The van der Waals surface area contributed by atoms with Gasteiger partial charge in [0.1, 0.15) is 12.4 Å². The molecule has 0 radical (unpaired) electrons. The largest absolute Gasteiger partial charge is 0.489 e. The number of anilines is 3. The molecule has 0 saturated carbocycles. The molecule has 0 aliphatic rings. The smallest absolute Gasteiger partial charge is 0.262 e. The summed E-state index contributed by atoms with van der Waals surface area (Å²) in [5.41, 5.74) is 2.44. The predicted octanol–water partition coefficient (Wildman–Crippen LogP) is 4.81. The van der Waals surface area contributed by atoms with Gasteiger partial charge in [-0.1, -0.05) is 24.3 Å². The molecule has 37 heavy (non-hydrogen) atoms. The molecule has 0 fully saturated rings. The first-order valence-electron chi connectivity index (χ1n) is 11.4. The molecular weight excluding hydrogens is 512 g/mol. The van der Waals surface area contributed by atoms with E-state index in [0.29, 0.717) is 34.1 Å². The number of fused-ring (bicyclic) bond motifs is 1. The number of carbonyl (C=O) groups excluding carboxylic acids is 1. The van der Waals surface area contributed by atoms with Gasteiger partial charge in [0.15, 0.2) is 5.13 Å². The highest BCUT2D eigenvalue weighted by Crippen LogP contribution is 2.36. The Balaban J connectivity index is 1.75. The minimum atomic E-state index is -4.00. The van der Waals surface area contributed by atoms with Crippen molar-refractivity contribution in [3.8, 4) is 17.0 Å². The van der Waals surface area contributed by atoms with Crippen molar-refractivity contribution in [2.24, 2.45) is 0 Å². The van der Waals surface area contributed by atoms with E-state index >= 15 is 0 Å². The van der Waals surface area contributed by atoms with Crippen LogP contribution in [-0.4, -0.2) is 53.7 Å². The molecule has 4 aromatic rings. The van der Waals surface area contributed by atoms with Crippen molar-refractivity contribution in [3.05, 3.63) is 60.0 Å². The van der Waals surface area contributed by atoms with Gasteiger partial charge in [-0.05, 0) is 30.3 Å². The van der Waals surface area contributed by atoms with Gasteiger partial charge in [0.25, 0.3) is 10.0 Å². The summed E-state index contributed by atoms with van der Waals surface area (Å²) in [6, 6.07) is 15.9. The average molecular weight is 541 g/mol. The van der Waals surface area contributed by atoms with Crippen LogP contribution in [0.4, 0.5) is 16.5 Å². The lowest BCUT2D eigenvalue weighted by molar-refractivity contribution is -0.114. The number of sulfonamides is 1. The number of benzene rings is 3. The second kappa shape index (κ2) is 11.2. The molecular formula is C26H28N4O5S2. The van der Waals surface area contributed by atoms with Gasteiger partial charge in [-0.3, -0.25) is 9.52 Å². The normalized spacial score (nSPS) is 11.4. The molecule has 1 aromatic heterocycles. The summed E-state index contributed by atoms with van der Waals surface area (Å²) in [7, 11) is 1.39. The summed E-state index contributed by atoms with van der Waals surface area (Å²) in [6.07, 6.45) is 0. The average Bonchev–Trinajstić information content (AvgIpc) is 3.31. The van der Waals surface area contributed by atoms with Crippen LogP contribution in [-0.2, 0) is 19.6 Å². The Kier molecular flexibility index (Phi) is 7.96. The van der Waals surface area contributed by atoms with Crippen molar-refractivity contribution in [2.75, 3.05) is 49.4 Å². The molecule has 3 aromatic carbocycles. The molecule has 2 N–H and O–H groups in total. The maximum absolute atomic E-state index is 13.7. The van der Waals surface area contributed by atoms with Crippen molar-refractivity contribution in [1.29, 1.82) is 0 Å². The Morgan fingerprint density at radius 1 is 1.05 bits per heavy atom. The maximum atomic E-state index is 13.7. The van der Waals surface area contributed by atoms with Crippen LogP contribution in [0.1, 0.15) is 6.92 Å². The third kappa shape index (κ3) is 6.01. The molecule has 1 heterocycles. The maximum Gasteiger partial charge on any atom is 0.262 e. The summed E-state index contributed by atoms with van der Waals surface area (Å²) in [5, 5.41) is 6.34. The van der Waals surface area contributed by atoms with E-state index in [1.54, 1.807) is 48.9 Å². The van der Waals surface area contributed by atoms with Gasteiger partial charge < -0.3 is 19.7 Å². The van der Waals surface area contributed by atoms with Gasteiger partial charge in [-0.2, -0.15) is 0 Å². The Bertz CT molecular complexity index is 1530. The highest BCUT2D eigenvalue weighted by atomic mass is 32.2. The molecule has 1 amide bonds. The van der Waals surface area contributed by atoms with Gasteiger partial charge in [-0.25, -0.2) is 13.4 Å². The van der Waals surface area contributed by atoms with E-state index in [-0.39, 0.29) is 23.1 Å². The Labute approximate surface area is 220 Å². The lowest BCUT2D eigenvalue weighted by Gasteiger charge is -2.18. The fourth-order valence-corrected chi connectivity index (χ4v) is 5.88. The Morgan fingerprint density at radius 3 is 2.54 bits per heavy atom. The number of methoxy groups -OCH3 is 1. The van der Waals surface area contributed by atoms with Crippen LogP contribution >= 0.6 is 11.3 Å². The molecule has 0 saturated heterocycles. The van der Waals surface area contributed by atoms with Gasteiger partial charge >= 0.3 is 0 Å².